The molecule has 0 spiro atoms. The van der Waals surface area contributed by atoms with Gasteiger partial charge in [0, 0.05) is 13.0 Å². The second kappa shape index (κ2) is 25.6. The third-order valence-corrected chi connectivity index (χ3v) is 4.92. The van der Waals surface area contributed by atoms with Crippen LogP contribution in [0.5, 0.6) is 0 Å². The Morgan fingerprint density at radius 1 is 0.781 bits per heavy atom. The van der Waals surface area contributed by atoms with E-state index in [2.05, 4.69) is 55.5 Å². The second-order valence-electron chi connectivity index (χ2n) is 8.03. The molecule has 0 fully saturated rings. The average molecular weight is 449 g/mol. The maximum absolute atomic E-state index is 11.6. The van der Waals surface area contributed by atoms with Gasteiger partial charge in [-0.05, 0) is 51.4 Å². The minimum absolute atomic E-state index is 0.185. The van der Waals surface area contributed by atoms with Gasteiger partial charge < -0.3 is 14.6 Å². The zero-order valence-corrected chi connectivity index (χ0v) is 20.7. The van der Waals surface area contributed by atoms with Gasteiger partial charge in [-0.2, -0.15) is 0 Å². The van der Waals surface area contributed by atoms with Gasteiger partial charge in [0.05, 0.1) is 13.2 Å². The third kappa shape index (κ3) is 23.0. The molecule has 0 aliphatic heterocycles. The highest BCUT2D eigenvalue weighted by atomic mass is 16.6. The van der Waals surface area contributed by atoms with E-state index in [-0.39, 0.29) is 19.2 Å². The van der Waals surface area contributed by atoms with Crippen molar-refractivity contribution in [1.82, 2.24) is 0 Å². The van der Waals surface area contributed by atoms with Crippen molar-refractivity contribution in [3.63, 3.8) is 0 Å². The average Bonchev–Trinajstić information content (AvgIpc) is 2.80. The fourth-order valence-electron chi connectivity index (χ4n) is 3.00. The summed E-state index contributed by atoms with van der Waals surface area (Å²) in [7, 11) is 0. The fourth-order valence-corrected chi connectivity index (χ4v) is 3.00. The van der Waals surface area contributed by atoms with Crippen molar-refractivity contribution in [3.8, 4) is 0 Å². The SMILES string of the molecule is CC/C=C\C/C=C\C/C=C\C/C=C\CCCCCCCOCC(CO)OC(=O)CCCC. The van der Waals surface area contributed by atoms with Crippen LogP contribution in [0.25, 0.3) is 0 Å². The van der Waals surface area contributed by atoms with Crippen LogP contribution in [0.1, 0.15) is 97.3 Å². The summed E-state index contributed by atoms with van der Waals surface area (Å²) in [6.07, 6.45) is 30.7. The molecule has 0 aromatic carbocycles. The first kappa shape index (κ1) is 30.4. The molecule has 0 amide bonds. The number of hydrogen-bond acceptors (Lipinski definition) is 4. The molecule has 4 nitrogen and oxygen atoms in total. The molecule has 0 rings (SSSR count). The molecule has 0 aromatic rings. The Morgan fingerprint density at radius 3 is 2.00 bits per heavy atom. The number of aliphatic hydroxyl groups is 1. The van der Waals surface area contributed by atoms with E-state index in [1.165, 1.54) is 19.3 Å². The lowest BCUT2D eigenvalue weighted by Crippen LogP contribution is -2.27. The molecular formula is C28H48O4. The molecule has 184 valence electrons. The van der Waals surface area contributed by atoms with Gasteiger partial charge in [0.2, 0.25) is 0 Å². The quantitative estimate of drug-likeness (QED) is 0.108. The lowest BCUT2D eigenvalue weighted by atomic mass is 10.1. The summed E-state index contributed by atoms with van der Waals surface area (Å²) >= 11 is 0. The molecule has 0 aliphatic carbocycles. The van der Waals surface area contributed by atoms with Crippen LogP contribution >= 0.6 is 0 Å². The van der Waals surface area contributed by atoms with Gasteiger partial charge in [-0.1, -0.05) is 88.1 Å². The number of esters is 1. The summed E-state index contributed by atoms with van der Waals surface area (Å²) in [5, 5.41) is 9.29. The van der Waals surface area contributed by atoms with Gasteiger partial charge in [0.25, 0.3) is 0 Å². The Kier molecular flexibility index (Phi) is 24.3. The van der Waals surface area contributed by atoms with Crippen LogP contribution in [0.3, 0.4) is 0 Å². The maximum Gasteiger partial charge on any atom is 0.306 e. The number of ether oxygens (including phenoxy) is 2. The molecule has 0 radical (unpaired) electrons. The Balaban J connectivity index is 3.46. The van der Waals surface area contributed by atoms with Crippen LogP contribution in [0.2, 0.25) is 0 Å². The number of unbranched alkanes of at least 4 members (excludes halogenated alkanes) is 6. The molecule has 0 bridgehead atoms. The highest BCUT2D eigenvalue weighted by Crippen LogP contribution is 2.07. The van der Waals surface area contributed by atoms with Crippen molar-refractivity contribution >= 4 is 5.97 Å². The van der Waals surface area contributed by atoms with Crippen molar-refractivity contribution in [2.45, 2.75) is 103 Å². The number of carbonyl (C=O) groups excluding carboxylic acids is 1. The number of carbonyl (C=O) groups is 1. The molecule has 0 saturated heterocycles. The fraction of sp³-hybridized carbons (Fsp3) is 0.679. The van der Waals surface area contributed by atoms with Gasteiger partial charge >= 0.3 is 5.97 Å². The van der Waals surface area contributed by atoms with Crippen LogP contribution in [-0.4, -0.2) is 37.0 Å². The van der Waals surface area contributed by atoms with Gasteiger partial charge in [-0.15, -0.1) is 0 Å². The van der Waals surface area contributed by atoms with Crippen LogP contribution in [0.4, 0.5) is 0 Å². The molecule has 0 aliphatic rings. The van der Waals surface area contributed by atoms with E-state index in [1.807, 2.05) is 6.92 Å². The highest BCUT2D eigenvalue weighted by molar-refractivity contribution is 5.69. The van der Waals surface area contributed by atoms with Crippen LogP contribution in [0, 0.1) is 0 Å². The lowest BCUT2D eigenvalue weighted by Gasteiger charge is -2.15. The van der Waals surface area contributed by atoms with Crippen LogP contribution in [-0.2, 0) is 14.3 Å². The van der Waals surface area contributed by atoms with Crippen molar-refractivity contribution in [3.05, 3.63) is 48.6 Å². The van der Waals surface area contributed by atoms with E-state index in [4.69, 9.17) is 9.47 Å². The molecule has 1 unspecified atom stereocenters. The van der Waals surface area contributed by atoms with Gasteiger partial charge in [-0.25, -0.2) is 0 Å². The predicted octanol–water partition coefficient (Wildman–Crippen LogP) is 7.24. The van der Waals surface area contributed by atoms with Gasteiger partial charge in [-0.3, -0.25) is 4.79 Å². The topological polar surface area (TPSA) is 55.8 Å². The number of aliphatic hydroxyl groups excluding tert-OH is 1. The largest absolute Gasteiger partial charge is 0.457 e. The van der Waals surface area contributed by atoms with E-state index in [0.29, 0.717) is 13.0 Å². The normalized spacial score (nSPS) is 13.2. The first-order valence-corrected chi connectivity index (χ1v) is 12.7. The molecule has 32 heavy (non-hydrogen) atoms. The first-order valence-electron chi connectivity index (χ1n) is 12.7. The summed E-state index contributed by atoms with van der Waals surface area (Å²) < 4.78 is 10.8. The third-order valence-electron chi connectivity index (χ3n) is 4.92. The Morgan fingerprint density at radius 2 is 1.38 bits per heavy atom. The minimum Gasteiger partial charge on any atom is -0.457 e. The lowest BCUT2D eigenvalue weighted by molar-refractivity contribution is -0.154. The highest BCUT2D eigenvalue weighted by Gasteiger charge is 2.13. The Labute approximate surface area is 197 Å². The van der Waals surface area contributed by atoms with Crippen LogP contribution < -0.4 is 0 Å². The van der Waals surface area contributed by atoms with Gasteiger partial charge in [0.1, 0.15) is 6.10 Å². The summed E-state index contributed by atoms with van der Waals surface area (Å²) in [6.45, 7) is 4.93. The number of allylic oxidation sites excluding steroid dienone is 8. The number of hydrogen-bond donors (Lipinski definition) is 1. The summed E-state index contributed by atoms with van der Waals surface area (Å²) in [4.78, 5) is 11.6. The molecule has 4 heteroatoms. The Hall–Kier alpha value is -1.65. The minimum atomic E-state index is -0.537. The Bertz CT molecular complexity index is 520. The molecule has 1 atom stereocenters. The smallest absolute Gasteiger partial charge is 0.306 e. The van der Waals surface area contributed by atoms with Crippen molar-refractivity contribution in [2.24, 2.45) is 0 Å². The van der Waals surface area contributed by atoms with Crippen molar-refractivity contribution in [1.29, 1.82) is 0 Å². The van der Waals surface area contributed by atoms with E-state index in [9.17, 15) is 9.90 Å². The maximum atomic E-state index is 11.6. The zero-order chi connectivity index (χ0) is 23.5. The summed E-state index contributed by atoms with van der Waals surface area (Å²) in [5.41, 5.74) is 0. The van der Waals surface area contributed by atoms with Crippen molar-refractivity contribution < 1.29 is 19.4 Å². The van der Waals surface area contributed by atoms with Gasteiger partial charge in [0.15, 0.2) is 0 Å². The summed E-state index contributed by atoms with van der Waals surface area (Å²) in [5.74, 6) is -0.247. The summed E-state index contributed by atoms with van der Waals surface area (Å²) in [6, 6.07) is 0. The van der Waals surface area contributed by atoms with E-state index in [1.54, 1.807) is 0 Å². The zero-order valence-electron chi connectivity index (χ0n) is 20.7. The molecule has 0 saturated carbocycles. The first-order chi connectivity index (χ1) is 15.7. The molecule has 0 heterocycles. The number of rotatable bonds is 22. The van der Waals surface area contributed by atoms with Crippen LogP contribution in [0.15, 0.2) is 48.6 Å². The van der Waals surface area contributed by atoms with Crippen molar-refractivity contribution in [2.75, 3.05) is 19.8 Å². The monoisotopic (exact) mass is 448 g/mol. The van der Waals surface area contributed by atoms with E-state index < -0.39 is 6.10 Å². The second-order valence-corrected chi connectivity index (χ2v) is 8.03. The molecule has 0 aromatic heterocycles. The standard InChI is InChI=1S/C28H48O4/c1-3-5-7-8-9-10-11-12-13-14-15-16-17-18-19-20-21-22-24-31-26-27(25-29)32-28(30)23-6-4-2/h5,7,9-10,12-13,15-16,27,29H,3-4,6,8,11,14,17-26H2,1-2H3/b7-5-,10-9-,13-12-,16-15-. The molecular weight excluding hydrogens is 400 g/mol. The molecule has 1 N–H and O–H groups in total. The van der Waals surface area contributed by atoms with E-state index >= 15 is 0 Å². The van der Waals surface area contributed by atoms with E-state index in [0.717, 1.165) is 57.8 Å². The predicted molar refractivity (Wildman–Crippen MR) is 136 cm³/mol.